The predicted molar refractivity (Wildman–Crippen MR) is 114 cm³/mol. The number of aromatic nitrogens is 2. The van der Waals surface area contributed by atoms with E-state index in [-0.39, 0.29) is 6.42 Å². The van der Waals surface area contributed by atoms with E-state index in [9.17, 15) is 14.4 Å². The molecule has 1 heterocycles. The molecule has 0 aliphatic heterocycles. The molecule has 0 bridgehead atoms. The number of carbonyl (C=O) groups excluding carboxylic acids is 3. The van der Waals surface area contributed by atoms with Crippen molar-refractivity contribution in [3.05, 3.63) is 77.5 Å². The Kier molecular flexibility index (Phi) is 6.41. The molecule has 0 unspecified atom stereocenters. The van der Waals surface area contributed by atoms with Gasteiger partial charge in [0.05, 0.1) is 5.56 Å². The molecule has 30 heavy (non-hydrogen) atoms. The molecule has 7 nitrogen and oxygen atoms in total. The SMILES string of the molecule is CCc1cccc(-c2nn(C)cc2C(=O)N[C@@H](Cc2ccccc2)C(=O)C(N)=O)c1. The van der Waals surface area contributed by atoms with Crippen LogP contribution in [0.5, 0.6) is 0 Å². The van der Waals surface area contributed by atoms with Gasteiger partial charge in [0.25, 0.3) is 11.8 Å². The monoisotopic (exact) mass is 404 g/mol. The molecule has 3 N–H and O–H groups in total. The van der Waals surface area contributed by atoms with E-state index in [4.69, 9.17) is 5.73 Å². The predicted octanol–water partition coefficient (Wildman–Crippen LogP) is 2.04. The van der Waals surface area contributed by atoms with Crippen LogP contribution in [-0.4, -0.2) is 33.4 Å². The van der Waals surface area contributed by atoms with Crippen LogP contribution in [0.25, 0.3) is 11.3 Å². The van der Waals surface area contributed by atoms with Crippen molar-refractivity contribution in [2.45, 2.75) is 25.8 Å². The maximum atomic E-state index is 13.1. The summed E-state index contributed by atoms with van der Waals surface area (Å²) in [5, 5.41) is 7.10. The number of benzene rings is 2. The fourth-order valence-corrected chi connectivity index (χ4v) is 3.27. The van der Waals surface area contributed by atoms with Gasteiger partial charge in [0.2, 0.25) is 5.78 Å². The summed E-state index contributed by atoms with van der Waals surface area (Å²) in [7, 11) is 1.72. The summed E-state index contributed by atoms with van der Waals surface area (Å²) in [4.78, 5) is 36.9. The minimum Gasteiger partial charge on any atom is -0.363 e. The number of amides is 2. The fourth-order valence-electron chi connectivity index (χ4n) is 3.27. The maximum absolute atomic E-state index is 13.1. The molecule has 0 spiro atoms. The van der Waals surface area contributed by atoms with Crippen molar-refractivity contribution in [1.29, 1.82) is 0 Å². The van der Waals surface area contributed by atoms with Crippen LogP contribution < -0.4 is 11.1 Å². The number of aryl methyl sites for hydroxylation is 2. The van der Waals surface area contributed by atoms with Crippen molar-refractivity contribution in [3.63, 3.8) is 0 Å². The standard InChI is InChI=1S/C23H24N4O3/c1-3-15-10-7-11-17(12-15)20-18(14-27(2)26-20)23(30)25-19(21(28)22(24)29)13-16-8-5-4-6-9-16/h4-12,14,19H,3,13H2,1-2H3,(H2,24,29)(H,25,30)/t19-/m0/s1. The molecule has 3 rings (SSSR count). The fraction of sp³-hybridized carbons (Fsp3) is 0.217. The Balaban J connectivity index is 1.90. The van der Waals surface area contributed by atoms with E-state index in [1.165, 1.54) is 0 Å². The summed E-state index contributed by atoms with van der Waals surface area (Å²) in [6.45, 7) is 2.05. The smallest absolute Gasteiger partial charge is 0.287 e. The lowest BCUT2D eigenvalue weighted by atomic mass is 10.0. The highest BCUT2D eigenvalue weighted by Gasteiger charge is 2.27. The molecule has 1 atom stereocenters. The lowest BCUT2D eigenvalue weighted by molar-refractivity contribution is -0.137. The third-order valence-corrected chi connectivity index (χ3v) is 4.83. The summed E-state index contributed by atoms with van der Waals surface area (Å²) in [5.41, 5.74) is 8.77. The van der Waals surface area contributed by atoms with Crippen molar-refractivity contribution in [2.24, 2.45) is 12.8 Å². The second-order valence-electron chi connectivity index (χ2n) is 7.06. The zero-order valence-corrected chi connectivity index (χ0v) is 17.0. The van der Waals surface area contributed by atoms with Crippen LogP contribution in [0.4, 0.5) is 0 Å². The summed E-state index contributed by atoms with van der Waals surface area (Å²) in [6.07, 6.45) is 2.61. The van der Waals surface area contributed by atoms with Crippen LogP contribution in [0.1, 0.15) is 28.4 Å². The van der Waals surface area contributed by atoms with Crippen LogP contribution in [0.3, 0.4) is 0 Å². The number of ketones is 1. The van der Waals surface area contributed by atoms with E-state index in [1.807, 2.05) is 54.6 Å². The van der Waals surface area contributed by atoms with Gasteiger partial charge in [0.15, 0.2) is 0 Å². The Bertz CT molecular complexity index is 1070. The number of hydrogen-bond donors (Lipinski definition) is 2. The zero-order valence-electron chi connectivity index (χ0n) is 17.0. The van der Waals surface area contributed by atoms with Gasteiger partial charge in [-0.25, -0.2) is 0 Å². The van der Waals surface area contributed by atoms with Gasteiger partial charge in [-0.15, -0.1) is 0 Å². The van der Waals surface area contributed by atoms with Crippen molar-refractivity contribution in [1.82, 2.24) is 15.1 Å². The number of primary amides is 1. The normalized spacial score (nSPS) is 11.7. The highest BCUT2D eigenvalue weighted by atomic mass is 16.2. The maximum Gasteiger partial charge on any atom is 0.287 e. The molecule has 3 aromatic rings. The highest BCUT2D eigenvalue weighted by molar-refractivity contribution is 6.38. The minimum absolute atomic E-state index is 0.162. The Morgan fingerprint density at radius 1 is 1.07 bits per heavy atom. The topological polar surface area (TPSA) is 107 Å². The zero-order chi connectivity index (χ0) is 21.7. The average Bonchev–Trinajstić information content (AvgIpc) is 3.15. The Morgan fingerprint density at radius 3 is 2.43 bits per heavy atom. The molecular formula is C23H24N4O3. The van der Waals surface area contributed by atoms with E-state index in [2.05, 4.69) is 17.3 Å². The lowest BCUT2D eigenvalue weighted by Gasteiger charge is -2.16. The first kappa shape index (κ1) is 21.0. The molecule has 2 aromatic carbocycles. The van der Waals surface area contributed by atoms with E-state index in [0.29, 0.717) is 11.3 Å². The van der Waals surface area contributed by atoms with Gasteiger partial charge < -0.3 is 11.1 Å². The second-order valence-corrected chi connectivity index (χ2v) is 7.06. The Morgan fingerprint density at radius 2 is 1.77 bits per heavy atom. The summed E-state index contributed by atoms with van der Waals surface area (Å²) in [6, 6.07) is 15.9. The highest BCUT2D eigenvalue weighted by Crippen LogP contribution is 2.23. The first-order valence-corrected chi connectivity index (χ1v) is 9.70. The van der Waals surface area contributed by atoms with Crippen molar-refractivity contribution in [2.75, 3.05) is 0 Å². The molecule has 154 valence electrons. The largest absolute Gasteiger partial charge is 0.363 e. The van der Waals surface area contributed by atoms with Crippen LogP contribution in [0.15, 0.2) is 60.8 Å². The number of hydrogen-bond acceptors (Lipinski definition) is 4. The molecule has 0 aliphatic rings. The van der Waals surface area contributed by atoms with Crippen LogP contribution >= 0.6 is 0 Å². The molecular weight excluding hydrogens is 380 g/mol. The van der Waals surface area contributed by atoms with Crippen molar-refractivity contribution < 1.29 is 14.4 Å². The van der Waals surface area contributed by atoms with Gasteiger partial charge in [-0.1, -0.05) is 55.5 Å². The Hall–Kier alpha value is -3.74. The molecule has 0 saturated carbocycles. The third kappa shape index (κ3) is 4.81. The van der Waals surface area contributed by atoms with Gasteiger partial charge in [0, 0.05) is 25.2 Å². The lowest BCUT2D eigenvalue weighted by Crippen LogP contribution is -2.47. The molecule has 1 aromatic heterocycles. The van der Waals surface area contributed by atoms with Crippen molar-refractivity contribution in [3.8, 4) is 11.3 Å². The van der Waals surface area contributed by atoms with E-state index in [0.717, 1.165) is 23.1 Å². The van der Waals surface area contributed by atoms with Crippen LogP contribution in [-0.2, 0) is 29.5 Å². The first-order chi connectivity index (χ1) is 14.4. The molecule has 0 saturated heterocycles. The van der Waals surface area contributed by atoms with E-state index < -0.39 is 23.6 Å². The molecule has 0 radical (unpaired) electrons. The molecule has 0 aliphatic carbocycles. The number of rotatable bonds is 8. The molecule has 7 heteroatoms. The van der Waals surface area contributed by atoms with Gasteiger partial charge in [-0.3, -0.25) is 19.1 Å². The summed E-state index contributed by atoms with van der Waals surface area (Å²) < 4.78 is 1.55. The van der Waals surface area contributed by atoms with E-state index in [1.54, 1.807) is 17.9 Å². The summed E-state index contributed by atoms with van der Waals surface area (Å²) >= 11 is 0. The van der Waals surface area contributed by atoms with Gasteiger partial charge in [0.1, 0.15) is 11.7 Å². The number of nitrogens with two attached hydrogens (primary N) is 1. The average molecular weight is 404 g/mol. The van der Waals surface area contributed by atoms with E-state index >= 15 is 0 Å². The molecule has 0 fully saturated rings. The van der Waals surface area contributed by atoms with Gasteiger partial charge >= 0.3 is 0 Å². The van der Waals surface area contributed by atoms with Crippen LogP contribution in [0.2, 0.25) is 0 Å². The van der Waals surface area contributed by atoms with Crippen LogP contribution in [0, 0.1) is 0 Å². The number of nitrogens with one attached hydrogen (secondary N) is 1. The summed E-state index contributed by atoms with van der Waals surface area (Å²) in [5.74, 6) is -2.42. The second kappa shape index (κ2) is 9.17. The number of carbonyl (C=O) groups is 3. The molecule has 2 amide bonds. The quantitative estimate of drug-likeness (QED) is 0.560. The van der Waals surface area contributed by atoms with Crippen molar-refractivity contribution >= 4 is 17.6 Å². The van der Waals surface area contributed by atoms with Gasteiger partial charge in [-0.05, 0) is 23.6 Å². The first-order valence-electron chi connectivity index (χ1n) is 9.70. The number of Topliss-reactive ketones (excluding diaryl/α,β-unsaturated/α-hetero) is 1. The minimum atomic E-state index is -1.08. The third-order valence-electron chi connectivity index (χ3n) is 4.83. The van der Waals surface area contributed by atoms with Gasteiger partial charge in [-0.2, -0.15) is 5.10 Å². The Labute approximate surface area is 174 Å². The number of nitrogens with zero attached hydrogens (tertiary/aromatic N) is 2.